The Bertz CT molecular complexity index is 1430. The van der Waals surface area contributed by atoms with Crippen LogP contribution in [0.3, 0.4) is 0 Å². The number of methoxy groups -OCH3 is 2. The molecule has 0 atom stereocenters. The summed E-state index contributed by atoms with van der Waals surface area (Å²) in [7, 11) is -4.51. The fourth-order valence-corrected chi connectivity index (χ4v) is 5.37. The van der Waals surface area contributed by atoms with Gasteiger partial charge in [-0.2, -0.15) is 0 Å². The van der Waals surface area contributed by atoms with Gasteiger partial charge >= 0.3 is 0 Å². The third-order valence-electron chi connectivity index (χ3n) is 5.19. The molecule has 0 fully saturated rings. The van der Waals surface area contributed by atoms with Gasteiger partial charge in [-0.25, -0.2) is 16.8 Å². The second-order valence-corrected chi connectivity index (χ2v) is 11.1. The van der Waals surface area contributed by atoms with Crippen molar-refractivity contribution in [2.75, 3.05) is 23.7 Å². The van der Waals surface area contributed by atoms with Crippen LogP contribution in [-0.4, -0.2) is 31.1 Å². The number of hydrogen-bond acceptors (Lipinski definition) is 7. The van der Waals surface area contributed by atoms with E-state index in [4.69, 9.17) is 14.2 Å². The Morgan fingerprint density at radius 1 is 0.459 bits per heavy atom. The molecule has 4 rings (SSSR count). The molecular weight excluding hydrogens is 516 g/mol. The standard InChI is InChI=1S/C26H24N2O7S2/c1-33-21-11-15-25(16-12-21)36(29,30)27-19-3-7-23(8-4-19)35-24-9-5-20(6-10-24)28-37(31,32)26-17-13-22(34-2)14-18-26/h3-18,27-28H,1-2H3. The Balaban J connectivity index is 1.37. The van der Waals surface area contributed by atoms with Crippen molar-refractivity contribution < 1.29 is 31.0 Å². The highest BCUT2D eigenvalue weighted by molar-refractivity contribution is 7.93. The molecule has 0 bridgehead atoms. The molecule has 0 aromatic heterocycles. The minimum absolute atomic E-state index is 0.108. The van der Waals surface area contributed by atoms with E-state index in [0.717, 1.165) is 0 Å². The lowest BCUT2D eigenvalue weighted by Gasteiger charge is -2.11. The summed E-state index contributed by atoms with van der Waals surface area (Å²) in [5, 5.41) is 0. The fourth-order valence-electron chi connectivity index (χ4n) is 3.26. The van der Waals surface area contributed by atoms with Crippen molar-refractivity contribution >= 4 is 31.4 Å². The Kier molecular flexibility index (Phi) is 7.55. The third kappa shape index (κ3) is 6.51. The molecule has 0 spiro atoms. The zero-order chi connectivity index (χ0) is 26.5. The number of ether oxygens (including phenoxy) is 3. The maximum atomic E-state index is 12.6. The number of hydrogen-bond donors (Lipinski definition) is 2. The number of benzene rings is 4. The lowest BCUT2D eigenvalue weighted by molar-refractivity contribution is 0.414. The molecule has 0 radical (unpaired) electrons. The number of anilines is 2. The molecule has 0 saturated heterocycles. The quantitative estimate of drug-likeness (QED) is 0.287. The van der Waals surface area contributed by atoms with Gasteiger partial charge in [0.2, 0.25) is 0 Å². The minimum atomic E-state index is -3.76. The Labute approximate surface area is 215 Å². The van der Waals surface area contributed by atoms with Gasteiger partial charge < -0.3 is 14.2 Å². The van der Waals surface area contributed by atoms with Gasteiger partial charge in [-0.1, -0.05) is 0 Å². The van der Waals surface area contributed by atoms with Crippen LogP contribution in [0.4, 0.5) is 11.4 Å². The number of nitrogens with one attached hydrogen (secondary N) is 2. The smallest absolute Gasteiger partial charge is 0.261 e. The molecule has 4 aromatic carbocycles. The van der Waals surface area contributed by atoms with Crippen molar-refractivity contribution in [3.8, 4) is 23.0 Å². The lowest BCUT2D eigenvalue weighted by Crippen LogP contribution is -2.12. The lowest BCUT2D eigenvalue weighted by atomic mass is 10.3. The van der Waals surface area contributed by atoms with E-state index in [-0.39, 0.29) is 9.79 Å². The maximum absolute atomic E-state index is 12.6. The highest BCUT2D eigenvalue weighted by Crippen LogP contribution is 2.27. The summed E-state index contributed by atoms with van der Waals surface area (Å²) in [6.07, 6.45) is 0. The Hall–Kier alpha value is -4.22. The fraction of sp³-hybridized carbons (Fsp3) is 0.0769. The number of sulfonamides is 2. The van der Waals surface area contributed by atoms with Crippen LogP contribution in [0.2, 0.25) is 0 Å². The van der Waals surface area contributed by atoms with E-state index in [1.165, 1.54) is 38.5 Å². The van der Waals surface area contributed by atoms with Crippen LogP contribution in [-0.2, 0) is 20.0 Å². The van der Waals surface area contributed by atoms with E-state index in [9.17, 15) is 16.8 Å². The molecule has 4 aromatic rings. The van der Waals surface area contributed by atoms with E-state index < -0.39 is 20.0 Å². The van der Waals surface area contributed by atoms with Crippen LogP contribution >= 0.6 is 0 Å². The van der Waals surface area contributed by atoms with Crippen LogP contribution in [0, 0.1) is 0 Å². The van der Waals surface area contributed by atoms with Gasteiger partial charge in [0.15, 0.2) is 0 Å². The first-order chi connectivity index (χ1) is 17.7. The summed E-state index contributed by atoms with van der Waals surface area (Å²) < 4.78 is 71.3. The average molecular weight is 541 g/mol. The van der Waals surface area contributed by atoms with E-state index in [2.05, 4.69) is 9.44 Å². The summed E-state index contributed by atoms with van der Waals surface area (Å²) in [6.45, 7) is 0. The van der Waals surface area contributed by atoms with E-state index >= 15 is 0 Å². The normalized spacial score (nSPS) is 11.4. The van der Waals surface area contributed by atoms with Gasteiger partial charge in [0.25, 0.3) is 20.0 Å². The van der Waals surface area contributed by atoms with Crippen molar-refractivity contribution in [1.82, 2.24) is 0 Å². The molecule has 0 amide bonds. The van der Waals surface area contributed by atoms with E-state index in [0.29, 0.717) is 34.4 Å². The predicted octanol–water partition coefficient (Wildman–Crippen LogP) is 5.10. The van der Waals surface area contributed by atoms with Crippen LogP contribution in [0.25, 0.3) is 0 Å². The summed E-state index contributed by atoms with van der Waals surface area (Å²) in [5.74, 6) is 2.06. The van der Waals surface area contributed by atoms with E-state index in [1.807, 2.05) is 0 Å². The molecule has 0 aliphatic heterocycles. The SMILES string of the molecule is COc1ccc(S(=O)(=O)Nc2ccc(Oc3ccc(NS(=O)(=O)c4ccc(OC)cc4)cc3)cc2)cc1. The summed E-state index contributed by atoms with van der Waals surface area (Å²) in [6, 6.07) is 24.9. The van der Waals surface area contributed by atoms with Crippen LogP contribution in [0.15, 0.2) is 107 Å². The highest BCUT2D eigenvalue weighted by atomic mass is 32.2. The molecule has 37 heavy (non-hydrogen) atoms. The first kappa shape index (κ1) is 25.9. The van der Waals surface area contributed by atoms with Gasteiger partial charge in [-0.3, -0.25) is 9.44 Å². The van der Waals surface area contributed by atoms with Crippen molar-refractivity contribution in [2.45, 2.75) is 9.79 Å². The van der Waals surface area contributed by atoms with Crippen molar-refractivity contribution in [1.29, 1.82) is 0 Å². The topological polar surface area (TPSA) is 120 Å². The minimum Gasteiger partial charge on any atom is -0.497 e. The summed E-state index contributed by atoms with van der Waals surface area (Å²) >= 11 is 0. The largest absolute Gasteiger partial charge is 0.497 e. The highest BCUT2D eigenvalue weighted by Gasteiger charge is 2.15. The van der Waals surface area contributed by atoms with Gasteiger partial charge in [-0.05, 0) is 97.1 Å². The molecule has 0 saturated carbocycles. The van der Waals surface area contributed by atoms with Crippen LogP contribution in [0.1, 0.15) is 0 Å². The van der Waals surface area contributed by atoms with E-state index in [1.54, 1.807) is 72.8 Å². The van der Waals surface area contributed by atoms with Gasteiger partial charge in [0.05, 0.1) is 24.0 Å². The summed E-state index contributed by atoms with van der Waals surface area (Å²) in [4.78, 5) is 0.215. The van der Waals surface area contributed by atoms with Gasteiger partial charge in [-0.15, -0.1) is 0 Å². The van der Waals surface area contributed by atoms with Crippen LogP contribution in [0.5, 0.6) is 23.0 Å². The van der Waals surface area contributed by atoms with Gasteiger partial charge in [0.1, 0.15) is 23.0 Å². The molecule has 11 heteroatoms. The maximum Gasteiger partial charge on any atom is 0.261 e. The number of rotatable bonds is 10. The zero-order valence-corrected chi connectivity index (χ0v) is 21.5. The second-order valence-electron chi connectivity index (χ2n) is 7.71. The van der Waals surface area contributed by atoms with Crippen LogP contribution < -0.4 is 23.7 Å². The third-order valence-corrected chi connectivity index (χ3v) is 7.98. The predicted molar refractivity (Wildman–Crippen MR) is 141 cm³/mol. The molecule has 2 N–H and O–H groups in total. The monoisotopic (exact) mass is 540 g/mol. The van der Waals surface area contributed by atoms with Crippen molar-refractivity contribution in [2.24, 2.45) is 0 Å². The molecule has 0 aliphatic rings. The molecular formula is C26H24N2O7S2. The molecule has 192 valence electrons. The van der Waals surface area contributed by atoms with Crippen molar-refractivity contribution in [3.05, 3.63) is 97.1 Å². The zero-order valence-electron chi connectivity index (χ0n) is 19.9. The molecule has 9 nitrogen and oxygen atoms in total. The summed E-state index contributed by atoms with van der Waals surface area (Å²) in [5.41, 5.74) is 0.734. The Morgan fingerprint density at radius 3 is 1.05 bits per heavy atom. The molecule has 0 unspecified atom stereocenters. The molecule has 0 heterocycles. The average Bonchev–Trinajstić information content (AvgIpc) is 2.90. The Morgan fingerprint density at radius 2 is 0.757 bits per heavy atom. The first-order valence-electron chi connectivity index (χ1n) is 10.9. The second kappa shape index (κ2) is 10.8. The van der Waals surface area contributed by atoms with Gasteiger partial charge in [0, 0.05) is 11.4 Å². The first-order valence-corrected chi connectivity index (χ1v) is 13.9. The van der Waals surface area contributed by atoms with Crippen molar-refractivity contribution in [3.63, 3.8) is 0 Å². The molecule has 0 aliphatic carbocycles.